The van der Waals surface area contributed by atoms with Crippen LogP contribution in [0, 0.1) is 13.8 Å². The molecule has 180 valence electrons. The average molecular weight is 504 g/mol. The van der Waals surface area contributed by atoms with E-state index in [9.17, 15) is 18.0 Å². The van der Waals surface area contributed by atoms with E-state index in [1.165, 1.54) is 24.2 Å². The highest BCUT2D eigenvalue weighted by atomic mass is 35.5. The van der Waals surface area contributed by atoms with E-state index in [1.54, 1.807) is 45.2 Å². The van der Waals surface area contributed by atoms with Crippen LogP contribution in [0.3, 0.4) is 0 Å². The molecule has 0 radical (unpaired) electrons. The second-order valence-corrected chi connectivity index (χ2v) is 10.0. The first-order valence-electron chi connectivity index (χ1n) is 10.5. The molecule has 2 heterocycles. The summed E-state index contributed by atoms with van der Waals surface area (Å²) in [5.41, 5.74) is 1.50. The van der Waals surface area contributed by atoms with Crippen molar-refractivity contribution in [1.82, 2.24) is 19.5 Å². The lowest BCUT2D eigenvalue weighted by molar-refractivity contribution is -0.121. The summed E-state index contributed by atoms with van der Waals surface area (Å²) in [6.07, 6.45) is 3.41. The maximum atomic E-state index is 13.1. The van der Waals surface area contributed by atoms with E-state index in [4.69, 9.17) is 11.6 Å². The minimum Gasteiger partial charge on any atom is -0.314 e. The van der Waals surface area contributed by atoms with Gasteiger partial charge in [0, 0.05) is 43.2 Å². The molecule has 0 bridgehead atoms. The van der Waals surface area contributed by atoms with Crippen LogP contribution in [0.1, 0.15) is 29.8 Å². The van der Waals surface area contributed by atoms with E-state index in [1.807, 2.05) is 12.1 Å². The maximum absolute atomic E-state index is 13.1. The van der Waals surface area contributed by atoms with Gasteiger partial charge < -0.3 is 4.90 Å². The number of aromatic nitrogens is 3. The number of amides is 1. The van der Waals surface area contributed by atoms with Crippen molar-refractivity contribution in [2.45, 2.75) is 38.1 Å². The van der Waals surface area contributed by atoms with Gasteiger partial charge >= 0.3 is 0 Å². The summed E-state index contributed by atoms with van der Waals surface area (Å²) >= 11 is 5.94. The first-order chi connectivity index (χ1) is 16.0. The summed E-state index contributed by atoms with van der Waals surface area (Å²) in [6.45, 7) is 4.97. The van der Waals surface area contributed by atoms with Crippen LogP contribution in [-0.4, -0.2) is 42.7 Å². The lowest BCUT2D eigenvalue weighted by Gasteiger charge is -2.23. The summed E-state index contributed by atoms with van der Waals surface area (Å²) in [5, 5.41) is 4.20. The van der Waals surface area contributed by atoms with Crippen LogP contribution in [0.15, 0.2) is 58.5 Å². The molecule has 1 atom stereocenters. The molecule has 0 spiro atoms. The Hall–Kier alpha value is -3.08. The predicted octanol–water partition coefficient (Wildman–Crippen LogP) is 2.65. The lowest BCUT2D eigenvalue weighted by Crippen LogP contribution is -2.39. The number of halogens is 1. The Balaban J connectivity index is 1.81. The highest BCUT2D eigenvalue weighted by molar-refractivity contribution is 7.89. The summed E-state index contributed by atoms with van der Waals surface area (Å²) in [6, 6.07) is 9.25. The fourth-order valence-corrected chi connectivity index (χ4v) is 4.77. The van der Waals surface area contributed by atoms with Gasteiger partial charge in [0.15, 0.2) is 0 Å². The third-order valence-electron chi connectivity index (χ3n) is 5.49. The van der Waals surface area contributed by atoms with Crippen molar-refractivity contribution >= 4 is 33.2 Å². The van der Waals surface area contributed by atoms with Crippen LogP contribution in [0.25, 0.3) is 0 Å². The SMILES string of the molecule is Cc1ccc(N(C)C(=O)C(C)n2ncc(Cl)c(C)c2=O)cc1S(=O)(=O)NCCc1ccccn1. The number of carbonyl (C=O) groups is 1. The van der Waals surface area contributed by atoms with Gasteiger partial charge in [-0.1, -0.05) is 23.7 Å². The van der Waals surface area contributed by atoms with Gasteiger partial charge in [-0.15, -0.1) is 0 Å². The Morgan fingerprint density at radius 3 is 2.65 bits per heavy atom. The Labute approximate surface area is 203 Å². The van der Waals surface area contributed by atoms with Gasteiger partial charge in [0.1, 0.15) is 6.04 Å². The molecule has 1 aromatic carbocycles. The number of aryl methyl sites for hydroxylation is 1. The van der Waals surface area contributed by atoms with Crippen molar-refractivity contribution < 1.29 is 13.2 Å². The molecule has 0 aliphatic carbocycles. The van der Waals surface area contributed by atoms with Crippen LogP contribution >= 0.6 is 11.6 Å². The number of nitrogens with one attached hydrogen (secondary N) is 1. The Morgan fingerprint density at radius 1 is 1.24 bits per heavy atom. The number of anilines is 1. The number of likely N-dealkylation sites (N-methyl/N-ethyl adjacent to an activating group) is 1. The molecule has 2 aromatic heterocycles. The number of carbonyl (C=O) groups excluding carboxylic acids is 1. The fraction of sp³-hybridized carbons (Fsp3) is 0.304. The van der Waals surface area contributed by atoms with Crippen molar-refractivity contribution in [3.8, 4) is 0 Å². The van der Waals surface area contributed by atoms with Crippen LogP contribution in [0.2, 0.25) is 5.02 Å². The van der Waals surface area contributed by atoms with E-state index in [2.05, 4.69) is 14.8 Å². The van der Waals surface area contributed by atoms with E-state index in [-0.39, 0.29) is 16.5 Å². The van der Waals surface area contributed by atoms with E-state index >= 15 is 0 Å². The predicted molar refractivity (Wildman–Crippen MR) is 131 cm³/mol. The van der Waals surface area contributed by atoms with Gasteiger partial charge in [-0.05, 0) is 50.6 Å². The Bertz CT molecular complexity index is 1360. The zero-order valence-electron chi connectivity index (χ0n) is 19.3. The molecule has 0 aliphatic heterocycles. The summed E-state index contributed by atoms with van der Waals surface area (Å²) in [5.74, 6) is -0.438. The summed E-state index contributed by atoms with van der Waals surface area (Å²) in [7, 11) is -2.31. The third-order valence-corrected chi connectivity index (χ3v) is 7.47. The van der Waals surface area contributed by atoms with Gasteiger partial charge in [-0.25, -0.2) is 17.8 Å². The highest BCUT2D eigenvalue weighted by Crippen LogP contribution is 2.24. The molecule has 0 saturated carbocycles. The van der Waals surface area contributed by atoms with E-state index < -0.39 is 27.5 Å². The third kappa shape index (κ3) is 5.52. The van der Waals surface area contributed by atoms with Crippen molar-refractivity contribution in [1.29, 1.82) is 0 Å². The molecule has 3 rings (SSSR count). The second kappa shape index (κ2) is 10.5. The van der Waals surface area contributed by atoms with Gasteiger partial charge in [-0.2, -0.15) is 5.10 Å². The molecule has 1 amide bonds. The summed E-state index contributed by atoms with van der Waals surface area (Å²) < 4.78 is 29.6. The lowest BCUT2D eigenvalue weighted by atomic mass is 10.2. The monoisotopic (exact) mass is 503 g/mol. The number of hydrogen-bond donors (Lipinski definition) is 1. The number of rotatable bonds is 8. The fourth-order valence-electron chi connectivity index (χ4n) is 3.35. The van der Waals surface area contributed by atoms with Gasteiger partial charge in [0.2, 0.25) is 10.0 Å². The first-order valence-corrected chi connectivity index (χ1v) is 12.4. The molecule has 0 fully saturated rings. The molecule has 0 saturated heterocycles. The molecule has 3 aromatic rings. The van der Waals surface area contributed by atoms with Gasteiger partial charge in [0.05, 0.1) is 16.1 Å². The van der Waals surface area contributed by atoms with Crippen LogP contribution in [-0.2, 0) is 21.2 Å². The number of nitrogens with zero attached hydrogens (tertiary/aromatic N) is 4. The molecular formula is C23H26ClN5O4S. The number of benzene rings is 1. The Morgan fingerprint density at radius 2 is 1.97 bits per heavy atom. The molecule has 34 heavy (non-hydrogen) atoms. The van der Waals surface area contributed by atoms with E-state index in [0.717, 1.165) is 10.4 Å². The van der Waals surface area contributed by atoms with Crippen molar-refractivity contribution in [2.75, 3.05) is 18.5 Å². The Kier molecular flexibility index (Phi) is 7.86. The largest absolute Gasteiger partial charge is 0.314 e. The number of hydrogen-bond acceptors (Lipinski definition) is 6. The maximum Gasteiger partial charge on any atom is 0.271 e. The normalized spacial score (nSPS) is 12.4. The van der Waals surface area contributed by atoms with Crippen LogP contribution in [0.5, 0.6) is 0 Å². The first kappa shape index (κ1) is 25.5. The smallest absolute Gasteiger partial charge is 0.271 e. The van der Waals surface area contributed by atoms with Crippen molar-refractivity contribution in [3.05, 3.63) is 81.0 Å². The molecule has 9 nitrogen and oxygen atoms in total. The summed E-state index contributed by atoms with van der Waals surface area (Å²) in [4.78, 5) is 31.1. The molecule has 0 aliphatic rings. The zero-order chi connectivity index (χ0) is 25.0. The molecule has 11 heteroatoms. The average Bonchev–Trinajstić information content (AvgIpc) is 2.82. The number of sulfonamides is 1. The topological polar surface area (TPSA) is 114 Å². The standard InChI is InChI=1S/C23H26ClN5O4S/c1-15-8-9-19(13-21(15)34(32,33)27-12-10-18-7-5-6-11-25-18)28(4)23(31)17(3)29-22(30)16(2)20(24)14-26-29/h5-9,11,13-14,17,27H,10,12H2,1-4H3. The minimum atomic E-state index is -3.83. The highest BCUT2D eigenvalue weighted by Gasteiger charge is 2.25. The quantitative estimate of drug-likeness (QED) is 0.505. The van der Waals surface area contributed by atoms with Crippen LogP contribution in [0.4, 0.5) is 5.69 Å². The molecular weight excluding hydrogens is 478 g/mol. The zero-order valence-corrected chi connectivity index (χ0v) is 20.9. The van der Waals surface area contributed by atoms with E-state index in [0.29, 0.717) is 23.2 Å². The van der Waals surface area contributed by atoms with Gasteiger partial charge in [0.25, 0.3) is 11.5 Å². The van der Waals surface area contributed by atoms with Gasteiger partial charge in [-0.3, -0.25) is 14.6 Å². The number of pyridine rings is 1. The van der Waals surface area contributed by atoms with Crippen molar-refractivity contribution in [2.24, 2.45) is 0 Å². The molecule has 1 N–H and O–H groups in total. The minimum absolute atomic E-state index is 0.0657. The molecule has 1 unspecified atom stereocenters. The second-order valence-electron chi connectivity index (χ2n) is 7.86. The van der Waals surface area contributed by atoms with Crippen molar-refractivity contribution in [3.63, 3.8) is 0 Å². The van der Waals surface area contributed by atoms with Crippen LogP contribution < -0.4 is 15.2 Å².